The van der Waals surface area contributed by atoms with Crippen molar-refractivity contribution >= 4 is 24.1 Å². The maximum Gasteiger partial charge on any atom is 0.331 e. The number of carbonyl (C=O) groups is 2. The van der Waals surface area contributed by atoms with Crippen LogP contribution in [-0.4, -0.2) is 25.2 Å². The summed E-state index contributed by atoms with van der Waals surface area (Å²) < 4.78 is 9.93. The van der Waals surface area contributed by atoms with Crippen molar-refractivity contribution in [2.24, 2.45) is 0 Å². The molecular weight excluding hydrogens is 328 g/mol. The summed E-state index contributed by atoms with van der Waals surface area (Å²) in [7, 11) is 0. The van der Waals surface area contributed by atoms with Gasteiger partial charge in [-0.15, -0.1) is 0 Å². The van der Waals surface area contributed by atoms with Crippen LogP contribution in [0, 0.1) is 0 Å². The van der Waals surface area contributed by atoms with E-state index in [1.54, 1.807) is 12.2 Å². The van der Waals surface area contributed by atoms with Gasteiger partial charge in [0.15, 0.2) is 0 Å². The van der Waals surface area contributed by atoms with Gasteiger partial charge in [-0.3, -0.25) is 0 Å². The molecule has 0 aliphatic rings. The lowest BCUT2D eigenvalue weighted by Gasteiger charge is -1.98. The molecule has 0 bridgehead atoms. The molecule has 0 fully saturated rings. The van der Waals surface area contributed by atoms with E-state index in [9.17, 15) is 9.59 Å². The summed E-state index contributed by atoms with van der Waals surface area (Å²) in [5.41, 5.74) is 2.04. The Morgan fingerprint density at radius 1 is 0.654 bits per heavy atom. The number of carbonyl (C=O) groups excluding carboxylic acids is 2. The third-order valence-corrected chi connectivity index (χ3v) is 3.22. The van der Waals surface area contributed by atoms with Crippen LogP contribution in [-0.2, 0) is 19.1 Å². The first-order chi connectivity index (χ1) is 12.7. The van der Waals surface area contributed by atoms with Gasteiger partial charge in [0.05, 0.1) is 0 Å². The summed E-state index contributed by atoms with van der Waals surface area (Å²) in [6.45, 7) is 0.264. The minimum atomic E-state index is -0.598. The first-order valence-electron chi connectivity index (χ1n) is 8.19. The molecule has 2 aromatic carbocycles. The lowest BCUT2D eigenvalue weighted by atomic mass is 10.2. The molecule has 0 aromatic heterocycles. The van der Waals surface area contributed by atoms with Gasteiger partial charge in [0.1, 0.15) is 13.2 Å². The summed E-state index contributed by atoms with van der Waals surface area (Å²) >= 11 is 0. The highest BCUT2D eigenvalue weighted by molar-refractivity contribution is 5.91. The molecule has 0 aliphatic heterocycles. The number of hydrogen-bond donors (Lipinski definition) is 0. The fourth-order valence-electron chi connectivity index (χ4n) is 1.99. The third-order valence-electron chi connectivity index (χ3n) is 3.22. The van der Waals surface area contributed by atoms with Crippen molar-refractivity contribution in [2.45, 2.75) is 0 Å². The average molecular weight is 348 g/mol. The van der Waals surface area contributed by atoms with E-state index < -0.39 is 11.9 Å². The van der Waals surface area contributed by atoms with E-state index in [1.165, 1.54) is 0 Å². The Labute approximate surface area is 153 Å². The summed E-state index contributed by atoms with van der Waals surface area (Å²) in [4.78, 5) is 23.0. The van der Waals surface area contributed by atoms with Gasteiger partial charge in [0.25, 0.3) is 0 Å². The maximum atomic E-state index is 11.5. The van der Waals surface area contributed by atoms with Crippen LogP contribution in [0.25, 0.3) is 12.2 Å². The van der Waals surface area contributed by atoms with Crippen LogP contribution in [0.1, 0.15) is 11.1 Å². The van der Waals surface area contributed by atoms with Crippen LogP contribution in [0.3, 0.4) is 0 Å². The summed E-state index contributed by atoms with van der Waals surface area (Å²) in [6, 6.07) is 19.3. The largest absolute Gasteiger partial charge is 0.458 e. The fraction of sp³-hybridized carbons (Fsp3) is 0.0909. The van der Waals surface area contributed by atoms with Crippen molar-refractivity contribution in [3.05, 3.63) is 96.1 Å². The molecule has 132 valence electrons. The molecule has 0 radical (unpaired) electrons. The lowest BCUT2D eigenvalue weighted by Crippen LogP contribution is -2.04. The standard InChI is InChI=1S/C22H20O4/c23-21(25-17-7-13-19-9-3-1-4-10-19)15-16-22(24)26-18-8-14-20-11-5-2-6-12-20/h1-16H,17-18H2/b13-7?,14-8?,16-15-. The monoisotopic (exact) mass is 348 g/mol. The van der Waals surface area contributed by atoms with Crippen molar-refractivity contribution in [1.82, 2.24) is 0 Å². The van der Waals surface area contributed by atoms with Crippen molar-refractivity contribution in [3.8, 4) is 0 Å². The van der Waals surface area contributed by atoms with Crippen LogP contribution in [0.4, 0.5) is 0 Å². The van der Waals surface area contributed by atoms with E-state index >= 15 is 0 Å². The summed E-state index contributed by atoms with van der Waals surface area (Å²) in [5, 5.41) is 0. The van der Waals surface area contributed by atoms with Crippen molar-refractivity contribution < 1.29 is 19.1 Å². The Morgan fingerprint density at radius 3 is 1.42 bits per heavy atom. The normalized spacial score (nSPS) is 11.2. The third kappa shape index (κ3) is 7.93. The first kappa shape index (κ1) is 18.9. The van der Waals surface area contributed by atoms with Gasteiger partial charge >= 0.3 is 11.9 Å². The van der Waals surface area contributed by atoms with Crippen LogP contribution >= 0.6 is 0 Å². The maximum absolute atomic E-state index is 11.5. The van der Waals surface area contributed by atoms with Gasteiger partial charge in [-0.2, -0.15) is 0 Å². The number of hydrogen-bond acceptors (Lipinski definition) is 4. The van der Waals surface area contributed by atoms with E-state index in [0.29, 0.717) is 0 Å². The highest BCUT2D eigenvalue weighted by Crippen LogP contribution is 2.01. The van der Waals surface area contributed by atoms with E-state index in [1.807, 2.05) is 72.8 Å². The van der Waals surface area contributed by atoms with Gasteiger partial charge in [-0.05, 0) is 23.3 Å². The smallest absolute Gasteiger partial charge is 0.331 e. The molecule has 0 saturated carbocycles. The van der Waals surface area contributed by atoms with Crippen molar-refractivity contribution in [3.63, 3.8) is 0 Å². The fourth-order valence-corrected chi connectivity index (χ4v) is 1.99. The zero-order chi connectivity index (χ0) is 18.5. The predicted molar refractivity (Wildman–Crippen MR) is 102 cm³/mol. The summed E-state index contributed by atoms with van der Waals surface area (Å²) in [6.07, 6.45) is 9.27. The number of benzene rings is 2. The molecule has 2 aromatic rings. The molecule has 0 heterocycles. The highest BCUT2D eigenvalue weighted by Gasteiger charge is 1.99. The predicted octanol–water partition coefficient (Wildman–Crippen LogP) is 4.06. The van der Waals surface area contributed by atoms with E-state index in [4.69, 9.17) is 9.47 Å². The Morgan fingerprint density at radius 2 is 1.04 bits per heavy atom. The molecule has 0 saturated heterocycles. The molecule has 0 spiro atoms. The average Bonchev–Trinajstić information content (AvgIpc) is 2.68. The molecule has 0 unspecified atom stereocenters. The molecule has 2 rings (SSSR count). The van der Waals surface area contributed by atoms with Gasteiger partial charge < -0.3 is 9.47 Å². The molecular formula is C22H20O4. The SMILES string of the molecule is O=C(/C=C\C(=O)OCC=Cc1ccccc1)OCC=Cc1ccccc1. The topological polar surface area (TPSA) is 52.6 Å². The van der Waals surface area contributed by atoms with E-state index in [2.05, 4.69) is 0 Å². The molecule has 26 heavy (non-hydrogen) atoms. The molecule has 0 amide bonds. The van der Waals surface area contributed by atoms with E-state index in [0.717, 1.165) is 23.3 Å². The highest BCUT2D eigenvalue weighted by atomic mass is 16.5. The second-order valence-corrected chi connectivity index (χ2v) is 5.22. The molecule has 0 N–H and O–H groups in total. The Balaban J connectivity index is 1.63. The zero-order valence-corrected chi connectivity index (χ0v) is 14.3. The minimum absolute atomic E-state index is 0.132. The molecule has 0 atom stereocenters. The number of rotatable bonds is 8. The van der Waals surface area contributed by atoms with Gasteiger partial charge in [-0.25, -0.2) is 9.59 Å². The Bertz CT molecular complexity index is 707. The Hall–Kier alpha value is -3.40. The lowest BCUT2D eigenvalue weighted by molar-refractivity contribution is -0.139. The molecule has 0 aliphatic carbocycles. The van der Waals surface area contributed by atoms with Crippen LogP contribution in [0.5, 0.6) is 0 Å². The zero-order valence-electron chi connectivity index (χ0n) is 14.3. The summed E-state index contributed by atoms with van der Waals surface area (Å²) in [5.74, 6) is -1.20. The van der Waals surface area contributed by atoms with Crippen LogP contribution < -0.4 is 0 Å². The Kier molecular flexibility index (Phi) is 8.16. The molecule has 4 nitrogen and oxygen atoms in total. The van der Waals surface area contributed by atoms with Crippen LogP contribution in [0.2, 0.25) is 0 Å². The second-order valence-electron chi connectivity index (χ2n) is 5.22. The van der Waals surface area contributed by atoms with Crippen molar-refractivity contribution in [2.75, 3.05) is 13.2 Å². The van der Waals surface area contributed by atoms with E-state index in [-0.39, 0.29) is 13.2 Å². The molecule has 4 heteroatoms. The quantitative estimate of drug-likeness (QED) is 0.533. The number of esters is 2. The first-order valence-corrected chi connectivity index (χ1v) is 8.19. The van der Waals surface area contributed by atoms with Gasteiger partial charge in [0.2, 0.25) is 0 Å². The second kappa shape index (κ2) is 11.2. The van der Waals surface area contributed by atoms with Gasteiger partial charge in [0, 0.05) is 12.2 Å². The number of ether oxygens (including phenoxy) is 2. The van der Waals surface area contributed by atoms with Crippen molar-refractivity contribution in [1.29, 1.82) is 0 Å². The minimum Gasteiger partial charge on any atom is -0.458 e. The van der Waals surface area contributed by atoms with Gasteiger partial charge in [-0.1, -0.05) is 72.8 Å². The van der Waals surface area contributed by atoms with Crippen LogP contribution in [0.15, 0.2) is 85.0 Å².